The van der Waals surface area contributed by atoms with E-state index in [0.29, 0.717) is 27.9 Å². The lowest BCUT2D eigenvalue weighted by Gasteiger charge is -2.61. The van der Waals surface area contributed by atoms with E-state index in [2.05, 4.69) is 18.4 Å². The van der Waals surface area contributed by atoms with Gasteiger partial charge in [-0.25, -0.2) is 0 Å². The first-order valence-corrected chi connectivity index (χ1v) is 9.50. The molecule has 0 aromatic carbocycles. The minimum Gasteiger partial charge on any atom is -0.299 e. The molecule has 116 valence electrons. The predicted octanol–water partition coefficient (Wildman–Crippen LogP) is 3.03. The number of allylic oxidation sites excluding steroid dienone is 1. The molecule has 22 heavy (non-hydrogen) atoms. The van der Waals surface area contributed by atoms with Gasteiger partial charge < -0.3 is 0 Å². The summed E-state index contributed by atoms with van der Waals surface area (Å²) in [5.41, 5.74) is 2.57. The first-order chi connectivity index (χ1) is 10.5. The molecule has 0 N–H and O–H groups in total. The molecule has 0 radical (unpaired) electrons. The van der Waals surface area contributed by atoms with Crippen molar-refractivity contribution in [2.75, 3.05) is 6.54 Å². The molecule has 0 aromatic heterocycles. The fourth-order valence-corrected chi connectivity index (χ4v) is 10.2. The topological polar surface area (TPSA) is 20.3 Å². The smallest absolute Gasteiger partial charge is 0.144 e. The van der Waals surface area contributed by atoms with E-state index in [9.17, 15) is 4.79 Å². The van der Waals surface area contributed by atoms with Gasteiger partial charge in [0, 0.05) is 35.9 Å². The van der Waals surface area contributed by atoms with Crippen LogP contribution >= 0.6 is 0 Å². The van der Waals surface area contributed by atoms with Crippen LogP contribution in [-0.4, -0.2) is 29.3 Å². The van der Waals surface area contributed by atoms with E-state index in [4.69, 9.17) is 0 Å². The maximum absolute atomic E-state index is 13.4. The molecule has 9 fully saturated rings. The van der Waals surface area contributed by atoms with Gasteiger partial charge in [-0.15, -0.1) is 0 Å². The number of hydrogen-bond donors (Lipinski definition) is 0. The third kappa shape index (κ3) is 0.800. The van der Waals surface area contributed by atoms with Gasteiger partial charge in [-0.2, -0.15) is 0 Å². The fraction of sp³-hybridized carbons (Fsp3) is 0.850. The fourth-order valence-electron chi connectivity index (χ4n) is 10.2. The summed E-state index contributed by atoms with van der Waals surface area (Å²) in [4.78, 5) is 16.4. The van der Waals surface area contributed by atoms with Crippen LogP contribution in [0.1, 0.15) is 45.4 Å². The van der Waals surface area contributed by atoms with Gasteiger partial charge in [-0.3, -0.25) is 9.69 Å². The third-order valence-electron chi connectivity index (χ3n) is 9.94. The molecule has 9 aliphatic rings. The van der Waals surface area contributed by atoms with Crippen LogP contribution < -0.4 is 0 Å². The van der Waals surface area contributed by atoms with E-state index in [0.717, 1.165) is 30.3 Å². The van der Waals surface area contributed by atoms with E-state index >= 15 is 0 Å². The first kappa shape index (κ1) is 11.8. The number of fused-ring (bicyclic) bond motifs is 1. The van der Waals surface area contributed by atoms with Crippen molar-refractivity contribution in [1.82, 2.24) is 4.90 Å². The number of rotatable bonds is 0. The van der Waals surface area contributed by atoms with Crippen molar-refractivity contribution < 1.29 is 4.79 Å². The van der Waals surface area contributed by atoms with Gasteiger partial charge in [0.2, 0.25) is 0 Å². The van der Waals surface area contributed by atoms with E-state index in [1.165, 1.54) is 44.2 Å². The molecule has 3 saturated heterocycles. The Hall–Kier alpha value is -0.630. The maximum Gasteiger partial charge on any atom is 0.144 e. The molecule has 2 spiro atoms. The van der Waals surface area contributed by atoms with E-state index in [1.54, 1.807) is 0 Å². The van der Waals surface area contributed by atoms with Crippen LogP contribution in [0.3, 0.4) is 0 Å². The summed E-state index contributed by atoms with van der Waals surface area (Å²) in [6, 6.07) is 1.59. The summed E-state index contributed by atoms with van der Waals surface area (Å²) < 4.78 is 0. The normalized spacial score (nSPS) is 71.8. The Kier molecular flexibility index (Phi) is 1.56. The average Bonchev–Trinajstić information content (AvgIpc) is 2.87. The maximum atomic E-state index is 13.4. The average molecular weight is 295 g/mol. The van der Waals surface area contributed by atoms with Crippen LogP contribution in [0.25, 0.3) is 0 Å². The van der Waals surface area contributed by atoms with E-state index in [1.807, 2.05) is 0 Å². The number of nitrogens with zero attached hydrogens (tertiary/aromatic N) is 1. The van der Waals surface area contributed by atoms with Crippen molar-refractivity contribution in [2.24, 2.45) is 39.9 Å². The number of ketones is 1. The van der Waals surface area contributed by atoms with Crippen molar-refractivity contribution in [3.63, 3.8) is 0 Å². The van der Waals surface area contributed by atoms with Gasteiger partial charge in [-0.1, -0.05) is 25.5 Å². The summed E-state index contributed by atoms with van der Waals surface area (Å²) in [6.07, 6.45) is 7.84. The molecule has 3 aliphatic heterocycles. The standard InChI is InChI=1S/C20H25NO/c1-10-7-19-8-13-15-18(2)4-3-5-20(15)16(19)14(22)11(10)6-12(19)17(20)21(13)9-18/h11-13,15-17H,1,3-9H2,2H3/t11-,12-,13+,15-,16-,17-,18-,19+,20+/m1/s1. The summed E-state index contributed by atoms with van der Waals surface area (Å²) in [5, 5.41) is 0. The Morgan fingerprint density at radius 2 is 2.18 bits per heavy atom. The molecule has 1 unspecified atom stereocenters. The molecule has 6 aliphatic carbocycles. The van der Waals surface area contributed by atoms with Gasteiger partial charge in [0.1, 0.15) is 5.78 Å². The highest BCUT2D eigenvalue weighted by Crippen LogP contribution is 2.86. The highest BCUT2D eigenvalue weighted by atomic mass is 16.1. The SMILES string of the molecule is C=C1C[C@@]23C[C@H]4[C@@H]5[C@]6(C)CCC[C@@]57[C@@H]2C(=O)[C@@H]1C[C@@H]3[C@H]7N4C6. The Morgan fingerprint density at radius 1 is 1.32 bits per heavy atom. The lowest BCUT2D eigenvalue weighted by molar-refractivity contribution is -0.159. The molecule has 2 heteroatoms. The Bertz CT molecular complexity index is 683. The highest BCUT2D eigenvalue weighted by Gasteiger charge is 2.88. The number of Topliss-reactive ketones (excluding diaryl/α,β-unsaturated/α-hetero) is 1. The van der Waals surface area contributed by atoms with Crippen LogP contribution in [0.15, 0.2) is 12.2 Å². The number of carbonyl (C=O) groups is 1. The highest BCUT2D eigenvalue weighted by molar-refractivity contribution is 5.91. The lowest BCUT2D eigenvalue weighted by Crippen LogP contribution is -2.62. The van der Waals surface area contributed by atoms with Crippen LogP contribution in [0.4, 0.5) is 0 Å². The lowest BCUT2D eigenvalue weighted by atomic mass is 9.41. The molecule has 0 aromatic rings. The van der Waals surface area contributed by atoms with E-state index < -0.39 is 0 Å². The second-order valence-electron chi connectivity index (χ2n) is 10.3. The monoisotopic (exact) mass is 295 g/mol. The molecule has 6 saturated carbocycles. The molecule has 10 atom stereocenters. The van der Waals surface area contributed by atoms with Crippen molar-refractivity contribution in [1.29, 1.82) is 0 Å². The summed E-state index contributed by atoms with van der Waals surface area (Å²) in [5.74, 6) is 2.98. The van der Waals surface area contributed by atoms with Crippen LogP contribution in [-0.2, 0) is 4.79 Å². The Labute approximate surface area is 132 Å². The summed E-state index contributed by atoms with van der Waals surface area (Å²) >= 11 is 0. The van der Waals surface area contributed by atoms with Crippen molar-refractivity contribution >= 4 is 5.78 Å². The molecule has 2 nitrogen and oxygen atoms in total. The Morgan fingerprint density at radius 3 is 3.05 bits per heavy atom. The second-order valence-corrected chi connectivity index (χ2v) is 10.3. The summed E-state index contributed by atoms with van der Waals surface area (Å²) in [6.45, 7) is 8.24. The predicted molar refractivity (Wildman–Crippen MR) is 83.1 cm³/mol. The number of hydrogen-bond acceptors (Lipinski definition) is 2. The minimum atomic E-state index is 0.238. The Balaban J connectivity index is 1.55. The van der Waals surface area contributed by atoms with Crippen LogP contribution in [0, 0.1) is 39.9 Å². The first-order valence-electron chi connectivity index (χ1n) is 9.50. The summed E-state index contributed by atoms with van der Waals surface area (Å²) in [7, 11) is 0. The molecule has 9 rings (SSSR count). The number of piperidine rings is 2. The zero-order valence-electron chi connectivity index (χ0n) is 13.5. The molecule has 9 bridgehead atoms. The molecule has 0 amide bonds. The van der Waals surface area contributed by atoms with Gasteiger partial charge in [0.05, 0.1) is 0 Å². The zero-order valence-corrected chi connectivity index (χ0v) is 13.5. The van der Waals surface area contributed by atoms with Crippen molar-refractivity contribution in [2.45, 2.75) is 57.5 Å². The van der Waals surface area contributed by atoms with Crippen molar-refractivity contribution in [3.05, 3.63) is 12.2 Å². The van der Waals surface area contributed by atoms with Crippen LogP contribution in [0.2, 0.25) is 0 Å². The number of carbonyl (C=O) groups excluding carboxylic acids is 1. The zero-order chi connectivity index (χ0) is 14.6. The van der Waals surface area contributed by atoms with Gasteiger partial charge in [-0.05, 0) is 54.8 Å². The van der Waals surface area contributed by atoms with Gasteiger partial charge >= 0.3 is 0 Å². The van der Waals surface area contributed by atoms with Crippen LogP contribution in [0.5, 0.6) is 0 Å². The third-order valence-corrected chi connectivity index (χ3v) is 9.94. The largest absolute Gasteiger partial charge is 0.299 e. The molecular weight excluding hydrogens is 270 g/mol. The van der Waals surface area contributed by atoms with E-state index in [-0.39, 0.29) is 5.92 Å². The van der Waals surface area contributed by atoms with Gasteiger partial charge in [0.15, 0.2) is 0 Å². The van der Waals surface area contributed by atoms with Crippen molar-refractivity contribution in [3.8, 4) is 0 Å². The second kappa shape index (κ2) is 2.90. The quantitative estimate of drug-likeness (QED) is 0.640. The molecular formula is C20H25NO. The van der Waals surface area contributed by atoms with Gasteiger partial charge in [0.25, 0.3) is 0 Å². The molecule has 3 heterocycles. The minimum absolute atomic E-state index is 0.238.